The van der Waals surface area contributed by atoms with Gasteiger partial charge < -0.3 is 9.47 Å². The molecular weight excluding hydrogens is 216 g/mol. The van der Waals surface area contributed by atoms with E-state index < -0.39 is 0 Å². The monoisotopic (exact) mass is 240 g/mol. The number of rotatable bonds is 6. The molecule has 17 heavy (non-hydrogen) atoms. The van der Waals surface area contributed by atoms with Gasteiger partial charge in [0.2, 0.25) is 0 Å². The highest BCUT2D eigenvalue weighted by atomic mass is 16.5. The first kappa shape index (κ1) is 12.9. The van der Waals surface area contributed by atoms with E-state index in [4.69, 9.17) is 15.3 Å². The zero-order chi connectivity index (χ0) is 12.1. The van der Waals surface area contributed by atoms with E-state index in [2.05, 4.69) is 12.3 Å². The molecule has 1 aliphatic heterocycles. The van der Waals surface area contributed by atoms with Gasteiger partial charge in [-0.3, -0.25) is 11.3 Å². The molecule has 0 amide bonds. The standard InChI is InChI=1S/C13H24N2O2/c1-2-17-12-6-10(7-12)8-13(15-14)11-4-3-5-16-9-11/h9-10,12-13,15H,2-8,14H2,1H3. The Labute approximate surface area is 104 Å². The van der Waals surface area contributed by atoms with Gasteiger partial charge in [0.1, 0.15) is 0 Å². The summed E-state index contributed by atoms with van der Waals surface area (Å²) in [5.41, 5.74) is 4.25. The van der Waals surface area contributed by atoms with E-state index >= 15 is 0 Å². The molecule has 0 bridgehead atoms. The van der Waals surface area contributed by atoms with E-state index in [1.54, 1.807) is 0 Å². The molecule has 1 saturated carbocycles. The van der Waals surface area contributed by atoms with Crippen LogP contribution in [-0.4, -0.2) is 25.4 Å². The van der Waals surface area contributed by atoms with E-state index in [1.807, 2.05) is 6.26 Å². The quantitative estimate of drug-likeness (QED) is 0.548. The number of hydrogen-bond acceptors (Lipinski definition) is 4. The molecule has 2 aliphatic rings. The Morgan fingerprint density at radius 1 is 1.59 bits per heavy atom. The Hall–Kier alpha value is -0.580. The Balaban J connectivity index is 1.75. The van der Waals surface area contributed by atoms with Crippen molar-refractivity contribution in [3.05, 3.63) is 11.8 Å². The first-order valence-corrected chi connectivity index (χ1v) is 6.71. The number of hydrazine groups is 1. The maximum atomic E-state index is 5.65. The van der Waals surface area contributed by atoms with Crippen molar-refractivity contribution in [2.45, 2.75) is 51.2 Å². The van der Waals surface area contributed by atoms with Crippen molar-refractivity contribution in [1.82, 2.24) is 5.43 Å². The molecule has 0 aromatic heterocycles. The molecular formula is C13H24N2O2. The second-order valence-corrected chi connectivity index (χ2v) is 5.04. The predicted molar refractivity (Wildman–Crippen MR) is 67.1 cm³/mol. The molecule has 0 saturated heterocycles. The van der Waals surface area contributed by atoms with Gasteiger partial charge in [0.25, 0.3) is 0 Å². The average molecular weight is 240 g/mol. The van der Waals surface area contributed by atoms with Crippen molar-refractivity contribution >= 4 is 0 Å². The predicted octanol–water partition coefficient (Wildman–Crippen LogP) is 1.72. The van der Waals surface area contributed by atoms with E-state index in [0.29, 0.717) is 6.10 Å². The summed E-state index contributed by atoms with van der Waals surface area (Å²) in [6.45, 7) is 3.73. The van der Waals surface area contributed by atoms with Crippen LogP contribution in [0.3, 0.4) is 0 Å². The fourth-order valence-electron chi connectivity index (χ4n) is 2.74. The van der Waals surface area contributed by atoms with Crippen molar-refractivity contribution in [3.63, 3.8) is 0 Å². The molecule has 1 fully saturated rings. The summed E-state index contributed by atoms with van der Waals surface area (Å²) < 4.78 is 11.0. The summed E-state index contributed by atoms with van der Waals surface area (Å²) in [6.07, 6.45) is 8.06. The van der Waals surface area contributed by atoms with Crippen LogP contribution in [0.1, 0.15) is 39.0 Å². The second kappa shape index (κ2) is 6.38. The lowest BCUT2D eigenvalue weighted by Crippen LogP contribution is -2.42. The van der Waals surface area contributed by atoms with Crippen molar-refractivity contribution < 1.29 is 9.47 Å². The molecule has 98 valence electrons. The third-order valence-corrected chi connectivity index (χ3v) is 3.77. The van der Waals surface area contributed by atoms with Gasteiger partial charge in [-0.1, -0.05) is 0 Å². The van der Waals surface area contributed by atoms with Gasteiger partial charge in [-0.15, -0.1) is 0 Å². The summed E-state index contributed by atoms with van der Waals surface area (Å²) in [5.74, 6) is 6.39. The molecule has 4 nitrogen and oxygen atoms in total. The highest BCUT2D eigenvalue weighted by Crippen LogP contribution is 2.35. The third kappa shape index (κ3) is 3.44. The molecule has 2 rings (SSSR count). The molecule has 0 radical (unpaired) electrons. The highest BCUT2D eigenvalue weighted by Gasteiger charge is 2.32. The largest absolute Gasteiger partial charge is 0.501 e. The minimum absolute atomic E-state index is 0.280. The molecule has 0 aromatic rings. The normalized spacial score (nSPS) is 30.1. The van der Waals surface area contributed by atoms with E-state index in [1.165, 1.54) is 18.4 Å². The zero-order valence-electron chi connectivity index (χ0n) is 10.7. The molecule has 4 heteroatoms. The number of nitrogens with two attached hydrogens (primary N) is 1. The minimum Gasteiger partial charge on any atom is -0.501 e. The van der Waals surface area contributed by atoms with Crippen molar-refractivity contribution in [1.29, 1.82) is 0 Å². The van der Waals surface area contributed by atoms with Crippen LogP contribution >= 0.6 is 0 Å². The summed E-state index contributed by atoms with van der Waals surface area (Å²) >= 11 is 0. The van der Waals surface area contributed by atoms with E-state index in [-0.39, 0.29) is 6.04 Å². The van der Waals surface area contributed by atoms with E-state index in [0.717, 1.165) is 38.4 Å². The van der Waals surface area contributed by atoms with Crippen LogP contribution in [0.25, 0.3) is 0 Å². The van der Waals surface area contributed by atoms with Crippen molar-refractivity contribution in [2.75, 3.05) is 13.2 Å². The first-order valence-electron chi connectivity index (χ1n) is 6.71. The van der Waals surface area contributed by atoms with Gasteiger partial charge in [0.15, 0.2) is 0 Å². The van der Waals surface area contributed by atoms with Gasteiger partial charge >= 0.3 is 0 Å². The van der Waals surface area contributed by atoms with Crippen molar-refractivity contribution in [2.24, 2.45) is 11.8 Å². The van der Waals surface area contributed by atoms with Crippen LogP contribution in [0.5, 0.6) is 0 Å². The maximum absolute atomic E-state index is 5.65. The van der Waals surface area contributed by atoms with Gasteiger partial charge in [-0.25, -0.2) is 0 Å². The number of nitrogens with one attached hydrogen (secondary N) is 1. The molecule has 0 spiro atoms. The Bertz CT molecular complexity index is 262. The molecule has 0 aromatic carbocycles. The van der Waals surface area contributed by atoms with Gasteiger partial charge in [-0.05, 0) is 50.5 Å². The molecule has 1 unspecified atom stereocenters. The lowest BCUT2D eigenvalue weighted by atomic mass is 9.77. The van der Waals surface area contributed by atoms with Crippen molar-refractivity contribution in [3.8, 4) is 0 Å². The number of hydrogen-bond donors (Lipinski definition) is 2. The highest BCUT2D eigenvalue weighted by molar-refractivity contribution is 5.10. The number of ether oxygens (including phenoxy) is 2. The topological polar surface area (TPSA) is 56.5 Å². The van der Waals surface area contributed by atoms with E-state index in [9.17, 15) is 0 Å². The summed E-state index contributed by atoms with van der Waals surface area (Å²) in [6, 6.07) is 0.280. The summed E-state index contributed by atoms with van der Waals surface area (Å²) in [4.78, 5) is 0. The minimum atomic E-state index is 0.280. The van der Waals surface area contributed by atoms with Crippen LogP contribution < -0.4 is 11.3 Å². The Morgan fingerprint density at radius 3 is 3.00 bits per heavy atom. The van der Waals surface area contributed by atoms with Crippen LogP contribution in [-0.2, 0) is 9.47 Å². The van der Waals surface area contributed by atoms with Gasteiger partial charge in [0, 0.05) is 12.6 Å². The zero-order valence-corrected chi connectivity index (χ0v) is 10.7. The fourth-order valence-corrected chi connectivity index (χ4v) is 2.74. The average Bonchev–Trinajstić information content (AvgIpc) is 2.33. The molecule has 1 aliphatic carbocycles. The molecule has 3 N–H and O–H groups in total. The summed E-state index contributed by atoms with van der Waals surface area (Å²) in [7, 11) is 0. The Kier molecular flexibility index (Phi) is 4.83. The lowest BCUT2D eigenvalue weighted by Gasteiger charge is -2.37. The maximum Gasteiger partial charge on any atom is 0.0876 e. The first-order chi connectivity index (χ1) is 8.33. The SMILES string of the molecule is CCOC1CC(CC(NN)C2=COCCC2)C1. The lowest BCUT2D eigenvalue weighted by molar-refractivity contribution is -0.0283. The second-order valence-electron chi connectivity index (χ2n) is 5.04. The van der Waals surface area contributed by atoms with Crippen LogP contribution in [0, 0.1) is 5.92 Å². The van der Waals surface area contributed by atoms with Crippen LogP contribution in [0.4, 0.5) is 0 Å². The Morgan fingerprint density at radius 2 is 2.41 bits per heavy atom. The van der Waals surface area contributed by atoms with Gasteiger partial charge in [-0.2, -0.15) is 0 Å². The van der Waals surface area contributed by atoms with Crippen LogP contribution in [0.2, 0.25) is 0 Å². The third-order valence-electron chi connectivity index (χ3n) is 3.77. The smallest absolute Gasteiger partial charge is 0.0876 e. The molecule has 1 atom stereocenters. The van der Waals surface area contributed by atoms with Gasteiger partial charge in [0.05, 0.1) is 19.0 Å². The molecule has 1 heterocycles. The van der Waals surface area contributed by atoms with Crippen LogP contribution in [0.15, 0.2) is 11.8 Å². The summed E-state index contributed by atoms with van der Waals surface area (Å²) in [5, 5.41) is 0. The fraction of sp³-hybridized carbons (Fsp3) is 0.846.